The van der Waals surface area contributed by atoms with Crippen LogP contribution in [0, 0.1) is 17.8 Å². The standard InChI is InChI=1S/C34H35NO4S/c1-2-8-25-19-28-32(34(38)35(33(28)37)20-27-13-7-16-40-27)29-21-39-30(31(25)29)15-14-24(23-10-4-3-5-11-23)17-22-9-6-12-26(36)18-22/h3-7,9-13,16-18,28-30,32,36H,2,8,14-15,19-21H2,1H3/b24-17-/t28-,29+,30-,32-/m1/s1. The molecule has 0 bridgehead atoms. The average molecular weight is 554 g/mol. The molecule has 2 saturated heterocycles. The molecule has 0 spiro atoms. The van der Waals surface area contributed by atoms with Gasteiger partial charge >= 0.3 is 0 Å². The number of hydrogen-bond acceptors (Lipinski definition) is 5. The number of allylic oxidation sites excluding steroid dienone is 2. The fraction of sp³-hybridized carbons (Fsp3) is 0.353. The topological polar surface area (TPSA) is 66.8 Å². The zero-order chi connectivity index (χ0) is 27.6. The molecule has 5 nitrogen and oxygen atoms in total. The van der Waals surface area contributed by atoms with Gasteiger partial charge < -0.3 is 9.84 Å². The largest absolute Gasteiger partial charge is 0.508 e. The van der Waals surface area contributed by atoms with Crippen LogP contribution < -0.4 is 0 Å². The zero-order valence-electron chi connectivity index (χ0n) is 22.8. The summed E-state index contributed by atoms with van der Waals surface area (Å²) in [4.78, 5) is 29.7. The SMILES string of the molecule is CCCC1=C2[C@@H](CC/C(=C/c3cccc(O)c3)c3ccccc3)OC[C@@H]2[C@@H]2C(=O)N(Cc3cccs3)C(=O)[C@@H]2C1. The Balaban J connectivity index is 1.26. The Morgan fingerprint density at radius 3 is 2.65 bits per heavy atom. The molecule has 3 aromatic rings. The van der Waals surface area contributed by atoms with Crippen LogP contribution in [0.3, 0.4) is 0 Å². The molecule has 206 valence electrons. The molecule has 3 heterocycles. The van der Waals surface area contributed by atoms with Gasteiger partial charge in [0.15, 0.2) is 0 Å². The monoisotopic (exact) mass is 553 g/mol. The van der Waals surface area contributed by atoms with Gasteiger partial charge in [0, 0.05) is 10.8 Å². The minimum Gasteiger partial charge on any atom is -0.508 e. The molecule has 0 saturated carbocycles. The van der Waals surface area contributed by atoms with Gasteiger partial charge in [-0.05, 0) is 71.5 Å². The van der Waals surface area contributed by atoms with E-state index in [1.165, 1.54) is 21.6 Å². The van der Waals surface area contributed by atoms with Gasteiger partial charge in [0.25, 0.3) is 0 Å². The number of carbonyl (C=O) groups is 2. The number of rotatable bonds is 9. The number of hydrogen-bond donors (Lipinski definition) is 1. The van der Waals surface area contributed by atoms with Gasteiger partial charge in [0.2, 0.25) is 11.8 Å². The van der Waals surface area contributed by atoms with Crippen molar-refractivity contribution < 1.29 is 19.4 Å². The minimum absolute atomic E-state index is 0.0140. The maximum Gasteiger partial charge on any atom is 0.234 e. The van der Waals surface area contributed by atoms with E-state index in [-0.39, 0.29) is 41.4 Å². The van der Waals surface area contributed by atoms with Crippen molar-refractivity contribution in [2.75, 3.05) is 6.61 Å². The van der Waals surface area contributed by atoms with Crippen LogP contribution in [-0.2, 0) is 20.9 Å². The molecule has 1 aromatic heterocycles. The lowest BCUT2D eigenvalue weighted by Crippen LogP contribution is -2.34. The molecule has 1 aliphatic carbocycles. The van der Waals surface area contributed by atoms with E-state index in [0.29, 0.717) is 19.6 Å². The van der Waals surface area contributed by atoms with E-state index in [4.69, 9.17) is 4.74 Å². The van der Waals surface area contributed by atoms with Crippen molar-refractivity contribution in [2.24, 2.45) is 17.8 Å². The quantitative estimate of drug-likeness (QED) is 0.175. The molecule has 40 heavy (non-hydrogen) atoms. The number of imide groups is 1. The van der Waals surface area contributed by atoms with E-state index in [1.54, 1.807) is 23.5 Å². The van der Waals surface area contributed by atoms with Gasteiger partial charge in [-0.2, -0.15) is 0 Å². The number of phenolic OH excluding ortho intramolecular Hbond substituents is 1. The zero-order valence-corrected chi connectivity index (χ0v) is 23.6. The third kappa shape index (κ3) is 5.18. The Bertz CT molecular complexity index is 1440. The summed E-state index contributed by atoms with van der Waals surface area (Å²) >= 11 is 1.58. The van der Waals surface area contributed by atoms with Crippen LogP contribution in [0.1, 0.15) is 55.0 Å². The molecular weight excluding hydrogens is 518 g/mol. The maximum absolute atomic E-state index is 13.7. The summed E-state index contributed by atoms with van der Waals surface area (Å²) in [6.45, 7) is 3.05. The highest BCUT2D eigenvalue weighted by molar-refractivity contribution is 7.09. The van der Waals surface area contributed by atoms with Gasteiger partial charge in [-0.3, -0.25) is 14.5 Å². The van der Waals surface area contributed by atoms with Crippen LogP contribution in [0.15, 0.2) is 83.3 Å². The summed E-state index contributed by atoms with van der Waals surface area (Å²) in [7, 11) is 0. The molecule has 2 aromatic carbocycles. The normalized spacial score (nSPS) is 24.5. The van der Waals surface area contributed by atoms with Crippen LogP contribution >= 0.6 is 11.3 Å². The van der Waals surface area contributed by atoms with E-state index in [2.05, 4.69) is 25.1 Å². The number of nitrogens with zero attached hydrogens (tertiary/aromatic N) is 1. The number of ether oxygens (including phenoxy) is 1. The maximum atomic E-state index is 13.7. The highest BCUT2D eigenvalue weighted by Crippen LogP contribution is 2.51. The number of fused-ring (bicyclic) bond motifs is 3. The lowest BCUT2D eigenvalue weighted by atomic mass is 9.68. The summed E-state index contributed by atoms with van der Waals surface area (Å²) < 4.78 is 6.46. The second-order valence-corrected chi connectivity index (χ2v) is 12.1. The van der Waals surface area contributed by atoms with Crippen molar-refractivity contribution in [1.82, 2.24) is 4.90 Å². The molecule has 4 atom stereocenters. The van der Waals surface area contributed by atoms with Crippen LogP contribution in [0.5, 0.6) is 5.75 Å². The highest BCUT2D eigenvalue weighted by Gasteiger charge is 2.56. The molecule has 2 aliphatic heterocycles. The lowest BCUT2D eigenvalue weighted by Gasteiger charge is -2.32. The van der Waals surface area contributed by atoms with E-state index in [9.17, 15) is 14.7 Å². The van der Waals surface area contributed by atoms with E-state index >= 15 is 0 Å². The van der Waals surface area contributed by atoms with Gasteiger partial charge in [0.1, 0.15) is 5.75 Å². The van der Waals surface area contributed by atoms with Gasteiger partial charge in [-0.1, -0.05) is 73.5 Å². The molecule has 6 rings (SSSR count). The number of thiophene rings is 1. The van der Waals surface area contributed by atoms with Crippen LogP contribution in [0.4, 0.5) is 0 Å². The van der Waals surface area contributed by atoms with E-state index < -0.39 is 0 Å². The second kappa shape index (κ2) is 11.6. The molecular formula is C34H35NO4S. The highest BCUT2D eigenvalue weighted by atomic mass is 32.1. The molecule has 6 heteroatoms. The van der Waals surface area contributed by atoms with E-state index in [1.807, 2.05) is 47.8 Å². The Kier molecular flexibility index (Phi) is 7.72. The summed E-state index contributed by atoms with van der Waals surface area (Å²) in [5, 5.41) is 12.0. The Morgan fingerprint density at radius 2 is 1.90 bits per heavy atom. The predicted molar refractivity (Wildman–Crippen MR) is 158 cm³/mol. The molecule has 1 N–H and O–H groups in total. The molecule has 0 unspecified atom stereocenters. The Labute approximate surface area is 239 Å². The van der Waals surface area contributed by atoms with Crippen molar-refractivity contribution in [3.63, 3.8) is 0 Å². The Morgan fingerprint density at radius 1 is 1.05 bits per heavy atom. The van der Waals surface area contributed by atoms with Gasteiger partial charge in [0.05, 0.1) is 31.1 Å². The van der Waals surface area contributed by atoms with Crippen molar-refractivity contribution in [2.45, 2.75) is 51.7 Å². The third-order valence-corrected chi connectivity index (χ3v) is 9.44. The van der Waals surface area contributed by atoms with Crippen molar-refractivity contribution in [1.29, 1.82) is 0 Å². The molecule has 3 aliphatic rings. The number of phenols is 1. The third-order valence-electron chi connectivity index (χ3n) is 8.58. The first kappa shape index (κ1) is 26.7. The lowest BCUT2D eigenvalue weighted by molar-refractivity contribution is -0.140. The minimum atomic E-state index is -0.315. The van der Waals surface area contributed by atoms with E-state index in [0.717, 1.165) is 41.7 Å². The van der Waals surface area contributed by atoms with Crippen molar-refractivity contribution >= 4 is 34.8 Å². The summed E-state index contributed by atoms with van der Waals surface area (Å²) in [6.07, 6.45) is 6.29. The van der Waals surface area contributed by atoms with Crippen molar-refractivity contribution in [3.8, 4) is 5.75 Å². The number of carbonyl (C=O) groups excluding carboxylic acids is 2. The van der Waals surface area contributed by atoms with Gasteiger partial charge in [-0.25, -0.2) is 0 Å². The van der Waals surface area contributed by atoms with Crippen molar-refractivity contribution in [3.05, 3.63) is 99.3 Å². The number of likely N-dealkylation sites (tertiary alicyclic amines) is 1. The summed E-state index contributed by atoms with van der Waals surface area (Å²) in [6, 6.07) is 21.6. The second-order valence-electron chi connectivity index (χ2n) is 11.1. The van der Waals surface area contributed by atoms with Crippen LogP contribution in [0.25, 0.3) is 11.6 Å². The predicted octanol–water partition coefficient (Wildman–Crippen LogP) is 7.09. The van der Waals surface area contributed by atoms with Crippen LogP contribution in [-0.4, -0.2) is 34.5 Å². The molecule has 2 fully saturated rings. The first-order valence-electron chi connectivity index (χ1n) is 14.3. The van der Waals surface area contributed by atoms with Crippen LogP contribution in [0.2, 0.25) is 0 Å². The first-order chi connectivity index (χ1) is 19.5. The molecule has 2 amide bonds. The molecule has 0 radical (unpaired) electrons. The number of benzene rings is 2. The number of amides is 2. The smallest absolute Gasteiger partial charge is 0.234 e. The first-order valence-corrected chi connectivity index (χ1v) is 15.2. The fourth-order valence-electron chi connectivity index (χ4n) is 6.85. The Hall–Kier alpha value is -3.48. The van der Waals surface area contributed by atoms with Gasteiger partial charge in [-0.15, -0.1) is 11.3 Å². The number of aromatic hydroxyl groups is 1. The summed E-state index contributed by atoms with van der Waals surface area (Å²) in [5.41, 5.74) is 5.89. The average Bonchev–Trinajstić information content (AvgIpc) is 3.68. The summed E-state index contributed by atoms with van der Waals surface area (Å²) in [5.74, 6) is -0.400. The fourth-order valence-corrected chi connectivity index (χ4v) is 7.54.